The number of methoxy groups -OCH3 is 2. The third-order valence-corrected chi connectivity index (χ3v) is 6.24. The fraction of sp³-hybridized carbons (Fsp3) is 0.364. The summed E-state index contributed by atoms with van der Waals surface area (Å²) >= 11 is 0. The minimum atomic E-state index is 0.0894. The molecule has 0 spiro atoms. The van der Waals surface area contributed by atoms with Crippen molar-refractivity contribution in [2.45, 2.75) is 31.8 Å². The van der Waals surface area contributed by atoms with Crippen LogP contribution in [0.1, 0.15) is 24.0 Å². The minimum absolute atomic E-state index is 0.0894. The van der Waals surface area contributed by atoms with Gasteiger partial charge in [0, 0.05) is 18.0 Å². The van der Waals surface area contributed by atoms with E-state index in [9.17, 15) is 10.2 Å². The van der Waals surface area contributed by atoms with Gasteiger partial charge in [-0.05, 0) is 71.3 Å². The monoisotopic (exact) mass is 365 g/mol. The Balaban J connectivity index is 1.94. The summed E-state index contributed by atoms with van der Waals surface area (Å²) in [5.41, 5.74) is 2.62. The van der Waals surface area contributed by atoms with Gasteiger partial charge in [-0.2, -0.15) is 0 Å². The molecule has 2 aliphatic rings. The fourth-order valence-corrected chi connectivity index (χ4v) is 5.00. The predicted molar refractivity (Wildman–Crippen MR) is 105 cm³/mol. The van der Waals surface area contributed by atoms with Gasteiger partial charge in [0.1, 0.15) is 0 Å². The van der Waals surface area contributed by atoms with E-state index in [2.05, 4.69) is 4.90 Å². The molecule has 0 radical (unpaired) electrons. The van der Waals surface area contributed by atoms with Crippen molar-refractivity contribution >= 4 is 21.5 Å². The third kappa shape index (κ3) is 2.28. The van der Waals surface area contributed by atoms with Crippen LogP contribution in [0, 0.1) is 0 Å². The standard InChI is InChI=1S/C22H23NO4/c1-26-20-10-15-16(9-19(20)25)21-13(5-6-18(24)22(21)27-2)14-8-12-4-3-7-23(12)11-17(14)15/h5-6,9-10,12,24-25H,3-4,7-8,11H2,1-2H3/t12-/m0/s1. The van der Waals surface area contributed by atoms with Gasteiger partial charge in [-0.3, -0.25) is 4.90 Å². The van der Waals surface area contributed by atoms with Crippen LogP contribution in [0.5, 0.6) is 23.0 Å². The molecule has 1 fully saturated rings. The topological polar surface area (TPSA) is 62.2 Å². The lowest BCUT2D eigenvalue weighted by Gasteiger charge is -2.33. The summed E-state index contributed by atoms with van der Waals surface area (Å²) in [7, 11) is 3.14. The summed E-state index contributed by atoms with van der Waals surface area (Å²) in [5.74, 6) is 1.12. The second-order valence-corrected chi connectivity index (χ2v) is 7.54. The van der Waals surface area contributed by atoms with Gasteiger partial charge >= 0.3 is 0 Å². The van der Waals surface area contributed by atoms with E-state index in [1.54, 1.807) is 26.4 Å². The Morgan fingerprint density at radius 2 is 1.81 bits per heavy atom. The largest absolute Gasteiger partial charge is 0.504 e. The quantitative estimate of drug-likeness (QED) is 0.674. The van der Waals surface area contributed by atoms with Gasteiger partial charge in [0.05, 0.1) is 14.2 Å². The molecule has 1 atom stereocenters. The Hall–Kier alpha value is -2.66. The van der Waals surface area contributed by atoms with Crippen molar-refractivity contribution in [3.8, 4) is 23.0 Å². The first-order valence-corrected chi connectivity index (χ1v) is 9.40. The molecular weight excluding hydrogens is 342 g/mol. The molecular formula is C22H23NO4. The summed E-state index contributed by atoms with van der Waals surface area (Å²) in [6.07, 6.45) is 3.47. The first kappa shape index (κ1) is 16.5. The van der Waals surface area contributed by atoms with Crippen LogP contribution in [-0.4, -0.2) is 41.9 Å². The molecule has 2 aliphatic heterocycles. The van der Waals surface area contributed by atoms with Crippen molar-refractivity contribution in [2.75, 3.05) is 20.8 Å². The van der Waals surface area contributed by atoms with Crippen molar-refractivity contribution in [3.05, 3.63) is 35.4 Å². The van der Waals surface area contributed by atoms with Crippen molar-refractivity contribution in [1.82, 2.24) is 4.90 Å². The van der Waals surface area contributed by atoms with Crippen LogP contribution in [0.15, 0.2) is 24.3 Å². The van der Waals surface area contributed by atoms with Crippen LogP contribution >= 0.6 is 0 Å². The average Bonchev–Trinajstić information content (AvgIpc) is 3.13. The number of ether oxygens (including phenoxy) is 2. The smallest absolute Gasteiger partial charge is 0.168 e. The summed E-state index contributed by atoms with van der Waals surface area (Å²) in [6, 6.07) is 7.92. The molecule has 3 aromatic carbocycles. The highest BCUT2D eigenvalue weighted by Crippen LogP contribution is 2.47. The minimum Gasteiger partial charge on any atom is -0.504 e. The summed E-state index contributed by atoms with van der Waals surface area (Å²) in [4.78, 5) is 2.56. The number of nitrogens with zero attached hydrogens (tertiary/aromatic N) is 1. The molecule has 5 nitrogen and oxygen atoms in total. The molecule has 0 aromatic heterocycles. The number of phenols is 2. The molecule has 0 unspecified atom stereocenters. The van der Waals surface area contributed by atoms with Crippen molar-refractivity contribution < 1.29 is 19.7 Å². The van der Waals surface area contributed by atoms with E-state index < -0.39 is 0 Å². The van der Waals surface area contributed by atoms with Gasteiger partial charge in [0.2, 0.25) is 0 Å². The zero-order chi connectivity index (χ0) is 18.7. The Labute approximate surface area is 157 Å². The van der Waals surface area contributed by atoms with E-state index in [0.717, 1.165) is 41.1 Å². The SMILES string of the molecule is COc1cc2c3c(c4ccc(O)c(OC)c4c2cc1O)C[C@@H]1CCCN1C3. The van der Waals surface area contributed by atoms with Gasteiger partial charge in [0.15, 0.2) is 23.0 Å². The number of hydrogen-bond acceptors (Lipinski definition) is 5. The van der Waals surface area contributed by atoms with Crippen molar-refractivity contribution in [1.29, 1.82) is 0 Å². The highest BCUT2D eigenvalue weighted by atomic mass is 16.5. The maximum Gasteiger partial charge on any atom is 0.168 e. The van der Waals surface area contributed by atoms with E-state index >= 15 is 0 Å². The zero-order valence-electron chi connectivity index (χ0n) is 15.6. The number of aromatic hydroxyl groups is 2. The van der Waals surface area contributed by atoms with Crippen LogP contribution in [0.3, 0.4) is 0 Å². The van der Waals surface area contributed by atoms with E-state index in [4.69, 9.17) is 9.47 Å². The second kappa shape index (κ2) is 5.92. The molecule has 27 heavy (non-hydrogen) atoms. The molecule has 140 valence electrons. The van der Waals surface area contributed by atoms with E-state index in [1.165, 1.54) is 24.0 Å². The Kier molecular flexibility index (Phi) is 3.62. The Morgan fingerprint density at radius 3 is 2.59 bits per heavy atom. The predicted octanol–water partition coefficient (Wildman–Crippen LogP) is 3.94. The molecule has 2 heterocycles. The number of benzene rings is 3. The van der Waals surface area contributed by atoms with Crippen LogP contribution < -0.4 is 9.47 Å². The molecule has 0 saturated carbocycles. The molecule has 1 saturated heterocycles. The first-order chi connectivity index (χ1) is 13.1. The van der Waals surface area contributed by atoms with Crippen LogP contribution in [0.25, 0.3) is 21.5 Å². The van der Waals surface area contributed by atoms with Crippen LogP contribution in [0.4, 0.5) is 0 Å². The molecule has 0 amide bonds. The van der Waals surface area contributed by atoms with Gasteiger partial charge in [-0.25, -0.2) is 0 Å². The van der Waals surface area contributed by atoms with Gasteiger partial charge in [0.25, 0.3) is 0 Å². The second-order valence-electron chi connectivity index (χ2n) is 7.54. The normalized spacial score (nSPS) is 19.3. The molecule has 5 rings (SSSR count). The summed E-state index contributed by atoms with van der Waals surface area (Å²) < 4.78 is 10.9. The first-order valence-electron chi connectivity index (χ1n) is 9.40. The Morgan fingerprint density at radius 1 is 0.963 bits per heavy atom. The van der Waals surface area contributed by atoms with Gasteiger partial charge < -0.3 is 19.7 Å². The maximum absolute atomic E-state index is 10.4. The van der Waals surface area contributed by atoms with E-state index in [-0.39, 0.29) is 11.5 Å². The fourth-order valence-electron chi connectivity index (χ4n) is 5.00. The zero-order valence-corrected chi connectivity index (χ0v) is 15.6. The number of phenolic OH excluding ortho intramolecular Hbond substituents is 2. The van der Waals surface area contributed by atoms with Gasteiger partial charge in [-0.1, -0.05) is 6.07 Å². The third-order valence-electron chi connectivity index (χ3n) is 6.24. The molecule has 0 aliphatic carbocycles. The lowest BCUT2D eigenvalue weighted by Crippen LogP contribution is -2.35. The van der Waals surface area contributed by atoms with Crippen LogP contribution in [-0.2, 0) is 13.0 Å². The van der Waals surface area contributed by atoms with Gasteiger partial charge in [-0.15, -0.1) is 0 Å². The lowest BCUT2D eigenvalue weighted by molar-refractivity contribution is 0.229. The van der Waals surface area contributed by atoms with E-state index in [0.29, 0.717) is 17.5 Å². The van der Waals surface area contributed by atoms with Crippen molar-refractivity contribution in [2.24, 2.45) is 0 Å². The highest BCUT2D eigenvalue weighted by molar-refractivity contribution is 6.15. The highest BCUT2D eigenvalue weighted by Gasteiger charge is 2.33. The molecule has 0 bridgehead atoms. The van der Waals surface area contributed by atoms with E-state index in [1.807, 2.05) is 12.1 Å². The molecule has 5 heteroatoms. The number of hydrogen-bond donors (Lipinski definition) is 2. The lowest BCUT2D eigenvalue weighted by atomic mass is 9.85. The summed E-state index contributed by atoms with van der Waals surface area (Å²) in [5, 5.41) is 24.7. The molecule has 3 aromatic rings. The Bertz CT molecular complexity index is 1060. The number of fused-ring (bicyclic) bond motifs is 7. The summed E-state index contributed by atoms with van der Waals surface area (Å²) in [6.45, 7) is 2.04. The number of rotatable bonds is 2. The maximum atomic E-state index is 10.4. The van der Waals surface area contributed by atoms with Crippen molar-refractivity contribution in [3.63, 3.8) is 0 Å². The van der Waals surface area contributed by atoms with Crippen LogP contribution in [0.2, 0.25) is 0 Å². The molecule has 2 N–H and O–H groups in total. The average molecular weight is 365 g/mol.